The number of nitrogens with zero attached hydrogens (tertiary/aromatic N) is 1. The van der Waals surface area contributed by atoms with Gasteiger partial charge >= 0.3 is 0 Å². The van der Waals surface area contributed by atoms with Crippen LogP contribution in [-0.4, -0.2) is 57.3 Å². The average molecular weight is 377 g/mol. The van der Waals surface area contributed by atoms with E-state index >= 15 is 0 Å². The Kier molecular flexibility index (Phi) is 6.64. The van der Waals surface area contributed by atoms with Crippen LogP contribution >= 0.6 is 11.3 Å². The van der Waals surface area contributed by atoms with E-state index < -0.39 is 0 Å². The van der Waals surface area contributed by atoms with Crippen molar-refractivity contribution < 1.29 is 14.3 Å². The minimum atomic E-state index is -0.0678. The Balaban J connectivity index is 1.90. The maximum Gasteiger partial charge on any atom is 0.261 e. The number of nitrogens with one attached hydrogen (secondary N) is 1. The summed E-state index contributed by atoms with van der Waals surface area (Å²) in [6, 6.07) is 8.21. The first-order valence-corrected chi connectivity index (χ1v) is 10.0. The molecule has 0 unspecified atom stereocenters. The van der Waals surface area contributed by atoms with E-state index in [1.54, 1.807) is 18.4 Å². The molecule has 2 heterocycles. The van der Waals surface area contributed by atoms with Crippen LogP contribution in [0.25, 0.3) is 10.1 Å². The first-order valence-electron chi connectivity index (χ1n) is 9.22. The highest BCUT2D eigenvalue weighted by Gasteiger charge is 2.29. The van der Waals surface area contributed by atoms with Crippen LogP contribution in [0.5, 0.6) is 0 Å². The Bertz CT molecular complexity index is 744. The first kappa shape index (κ1) is 19.3. The summed E-state index contributed by atoms with van der Waals surface area (Å²) in [5.74, 6) is 0.576. The molecule has 0 radical (unpaired) electrons. The van der Waals surface area contributed by atoms with E-state index in [0.29, 0.717) is 25.7 Å². The summed E-state index contributed by atoms with van der Waals surface area (Å²) in [7, 11) is 1.64. The summed E-state index contributed by atoms with van der Waals surface area (Å²) in [5.41, 5.74) is 1.04. The normalized spacial score (nSPS) is 18.5. The summed E-state index contributed by atoms with van der Waals surface area (Å²) in [6.07, 6.45) is -0.0678. The Morgan fingerprint density at radius 3 is 3.00 bits per heavy atom. The van der Waals surface area contributed by atoms with Gasteiger partial charge in [0.15, 0.2) is 0 Å². The van der Waals surface area contributed by atoms with Crippen LogP contribution in [0.4, 0.5) is 0 Å². The minimum absolute atomic E-state index is 0.0390. The quantitative estimate of drug-likeness (QED) is 0.754. The lowest BCUT2D eigenvalue weighted by Gasteiger charge is -2.34. The van der Waals surface area contributed by atoms with Crippen molar-refractivity contribution in [2.75, 3.05) is 46.5 Å². The third-order valence-electron chi connectivity index (χ3n) is 4.53. The highest BCUT2D eigenvalue weighted by atomic mass is 32.1. The third kappa shape index (κ3) is 4.43. The van der Waals surface area contributed by atoms with E-state index in [-0.39, 0.29) is 12.0 Å². The number of ether oxygens (including phenoxy) is 2. The van der Waals surface area contributed by atoms with Crippen molar-refractivity contribution in [1.82, 2.24) is 10.2 Å². The summed E-state index contributed by atoms with van der Waals surface area (Å²) >= 11 is 1.55. The second-order valence-corrected chi connectivity index (χ2v) is 8.15. The number of rotatable bonds is 7. The van der Waals surface area contributed by atoms with E-state index in [9.17, 15) is 4.79 Å². The van der Waals surface area contributed by atoms with Gasteiger partial charge in [-0.25, -0.2) is 0 Å². The molecule has 1 amide bonds. The molecule has 2 aromatic rings. The van der Waals surface area contributed by atoms with Crippen molar-refractivity contribution in [1.29, 1.82) is 0 Å². The van der Waals surface area contributed by atoms with Crippen molar-refractivity contribution in [2.24, 2.45) is 5.92 Å². The second kappa shape index (κ2) is 8.95. The van der Waals surface area contributed by atoms with Gasteiger partial charge in [0.05, 0.1) is 24.2 Å². The lowest BCUT2D eigenvalue weighted by Crippen LogP contribution is -2.40. The van der Waals surface area contributed by atoms with Crippen LogP contribution < -0.4 is 5.32 Å². The molecule has 1 saturated heterocycles. The maximum absolute atomic E-state index is 12.8. The molecule has 0 bridgehead atoms. The zero-order valence-corrected chi connectivity index (χ0v) is 16.6. The predicted molar refractivity (Wildman–Crippen MR) is 106 cm³/mol. The first-order chi connectivity index (χ1) is 12.6. The van der Waals surface area contributed by atoms with E-state index in [0.717, 1.165) is 40.2 Å². The van der Waals surface area contributed by atoms with Gasteiger partial charge in [0.25, 0.3) is 5.91 Å². The Morgan fingerprint density at radius 1 is 1.42 bits per heavy atom. The van der Waals surface area contributed by atoms with Gasteiger partial charge in [0, 0.05) is 43.6 Å². The van der Waals surface area contributed by atoms with Gasteiger partial charge in [-0.15, -0.1) is 11.3 Å². The van der Waals surface area contributed by atoms with Crippen molar-refractivity contribution >= 4 is 27.3 Å². The van der Waals surface area contributed by atoms with Crippen LogP contribution in [-0.2, 0) is 9.47 Å². The number of hydrogen-bond donors (Lipinski definition) is 1. The van der Waals surface area contributed by atoms with Gasteiger partial charge < -0.3 is 14.8 Å². The molecule has 6 heteroatoms. The molecule has 0 saturated carbocycles. The summed E-state index contributed by atoms with van der Waals surface area (Å²) in [5, 5.41) is 4.09. The molecule has 5 nitrogen and oxygen atoms in total. The highest BCUT2D eigenvalue weighted by molar-refractivity contribution is 7.21. The molecule has 26 heavy (non-hydrogen) atoms. The molecule has 0 spiro atoms. The van der Waals surface area contributed by atoms with Crippen molar-refractivity contribution in [3.8, 4) is 0 Å². The summed E-state index contributed by atoms with van der Waals surface area (Å²) in [6.45, 7) is 9.02. The zero-order chi connectivity index (χ0) is 18.5. The summed E-state index contributed by atoms with van der Waals surface area (Å²) < 4.78 is 12.3. The SMILES string of the molecule is COCCNC(=O)c1sc2ccccc2c1[C@@H]1CN(CC(C)C)CCO1. The number of benzene rings is 1. The smallest absolute Gasteiger partial charge is 0.261 e. The van der Waals surface area contributed by atoms with E-state index in [4.69, 9.17) is 9.47 Å². The Hall–Kier alpha value is -1.47. The molecule has 1 atom stereocenters. The monoisotopic (exact) mass is 376 g/mol. The number of carbonyl (C=O) groups is 1. The molecule has 1 N–H and O–H groups in total. The second-order valence-electron chi connectivity index (χ2n) is 7.10. The number of amides is 1. The van der Waals surface area contributed by atoms with E-state index in [1.807, 2.05) is 12.1 Å². The molecular formula is C20H28N2O3S. The van der Waals surface area contributed by atoms with Gasteiger partial charge in [-0.2, -0.15) is 0 Å². The molecule has 1 aliphatic rings. The van der Waals surface area contributed by atoms with E-state index in [2.05, 4.69) is 36.2 Å². The largest absolute Gasteiger partial charge is 0.383 e. The molecule has 1 aliphatic heterocycles. The van der Waals surface area contributed by atoms with Crippen molar-refractivity contribution in [2.45, 2.75) is 20.0 Å². The Morgan fingerprint density at radius 2 is 2.23 bits per heavy atom. The number of carbonyl (C=O) groups excluding carboxylic acids is 1. The number of fused-ring (bicyclic) bond motifs is 1. The average Bonchev–Trinajstić information content (AvgIpc) is 3.01. The molecule has 3 rings (SSSR count). The third-order valence-corrected chi connectivity index (χ3v) is 5.71. The molecule has 1 aromatic carbocycles. The molecular weight excluding hydrogens is 348 g/mol. The zero-order valence-electron chi connectivity index (χ0n) is 15.8. The number of thiophene rings is 1. The standard InChI is InChI=1S/C20H28N2O3S/c1-14(2)12-22-9-11-25-16(13-22)18-15-6-4-5-7-17(15)26-19(18)20(23)21-8-10-24-3/h4-7,14,16H,8-13H2,1-3H3,(H,21,23)/t16-/m0/s1. The summed E-state index contributed by atoms with van der Waals surface area (Å²) in [4.78, 5) is 16.0. The van der Waals surface area contributed by atoms with Gasteiger partial charge in [0.1, 0.15) is 0 Å². The van der Waals surface area contributed by atoms with Gasteiger partial charge in [0.2, 0.25) is 0 Å². The molecule has 142 valence electrons. The van der Waals surface area contributed by atoms with Gasteiger partial charge in [-0.05, 0) is 17.4 Å². The maximum atomic E-state index is 12.8. The Labute approximate surface area is 159 Å². The van der Waals surface area contributed by atoms with Crippen LogP contribution in [0.3, 0.4) is 0 Å². The molecule has 0 aliphatic carbocycles. The molecule has 1 aromatic heterocycles. The van der Waals surface area contributed by atoms with Crippen molar-refractivity contribution in [3.05, 3.63) is 34.7 Å². The van der Waals surface area contributed by atoms with Crippen LogP contribution in [0.1, 0.15) is 35.2 Å². The van der Waals surface area contributed by atoms with Gasteiger partial charge in [-0.1, -0.05) is 32.0 Å². The van der Waals surface area contributed by atoms with Crippen LogP contribution in [0.15, 0.2) is 24.3 Å². The fourth-order valence-electron chi connectivity index (χ4n) is 3.46. The fraction of sp³-hybridized carbons (Fsp3) is 0.550. The topological polar surface area (TPSA) is 50.8 Å². The van der Waals surface area contributed by atoms with Crippen LogP contribution in [0.2, 0.25) is 0 Å². The van der Waals surface area contributed by atoms with Gasteiger partial charge in [-0.3, -0.25) is 9.69 Å². The predicted octanol–water partition coefficient (Wildman–Crippen LogP) is 3.31. The van der Waals surface area contributed by atoms with E-state index in [1.165, 1.54) is 0 Å². The number of morpholine rings is 1. The van der Waals surface area contributed by atoms with Crippen LogP contribution in [0, 0.1) is 5.92 Å². The highest BCUT2D eigenvalue weighted by Crippen LogP contribution is 2.38. The molecule has 1 fully saturated rings. The fourth-order valence-corrected chi connectivity index (χ4v) is 4.63. The lowest BCUT2D eigenvalue weighted by molar-refractivity contribution is -0.0326. The number of hydrogen-bond acceptors (Lipinski definition) is 5. The lowest BCUT2D eigenvalue weighted by atomic mass is 10.0. The minimum Gasteiger partial charge on any atom is -0.383 e. The van der Waals surface area contributed by atoms with Crippen molar-refractivity contribution in [3.63, 3.8) is 0 Å². The number of methoxy groups -OCH3 is 1.